The van der Waals surface area contributed by atoms with Crippen LogP contribution in [0.3, 0.4) is 0 Å². The first-order valence-electron chi connectivity index (χ1n) is 8.77. The summed E-state index contributed by atoms with van der Waals surface area (Å²) in [5.41, 5.74) is 1.25. The van der Waals surface area contributed by atoms with Gasteiger partial charge in [0.05, 0.1) is 5.75 Å². The highest BCUT2D eigenvalue weighted by Crippen LogP contribution is 2.09. The Morgan fingerprint density at radius 3 is 2.31 bits per heavy atom. The highest BCUT2D eigenvalue weighted by atomic mass is 32.2. The van der Waals surface area contributed by atoms with Crippen molar-refractivity contribution in [2.45, 2.75) is 25.9 Å². The Hall–Kier alpha value is -1.93. The number of hydrogen-bond donors (Lipinski definition) is 1. The molecule has 0 aromatic heterocycles. The molecule has 1 N–H and O–H groups in total. The number of amides is 2. The lowest BCUT2D eigenvalue weighted by molar-refractivity contribution is -0.137. The highest BCUT2D eigenvalue weighted by molar-refractivity contribution is 7.90. The molecule has 1 aromatic rings. The van der Waals surface area contributed by atoms with E-state index in [1.807, 2.05) is 18.2 Å². The van der Waals surface area contributed by atoms with Crippen molar-refractivity contribution < 1.29 is 18.0 Å². The van der Waals surface area contributed by atoms with Gasteiger partial charge in [-0.3, -0.25) is 14.5 Å². The number of carbonyl (C=O) groups excluding carboxylic acids is 2. The number of benzene rings is 1. The molecular formula is C18H27N3O4S. The summed E-state index contributed by atoms with van der Waals surface area (Å²) in [6.45, 7) is 5.31. The molecule has 1 heterocycles. The molecule has 2 amide bonds. The first-order chi connectivity index (χ1) is 12.2. The van der Waals surface area contributed by atoms with Gasteiger partial charge >= 0.3 is 0 Å². The van der Waals surface area contributed by atoms with Gasteiger partial charge in [0.25, 0.3) is 0 Å². The Kier molecular flexibility index (Phi) is 7.16. The predicted octanol–water partition coefficient (Wildman–Crippen LogP) is 0.270. The van der Waals surface area contributed by atoms with Gasteiger partial charge in [0, 0.05) is 45.4 Å². The zero-order valence-corrected chi connectivity index (χ0v) is 16.2. The number of piperazine rings is 1. The number of nitrogens with one attached hydrogen (secondary N) is 1. The maximum Gasteiger partial charge on any atom is 0.244 e. The van der Waals surface area contributed by atoms with Gasteiger partial charge in [-0.1, -0.05) is 30.3 Å². The Balaban J connectivity index is 1.75. The summed E-state index contributed by atoms with van der Waals surface area (Å²) in [7, 11) is -3.19. The third kappa shape index (κ3) is 6.76. The topological polar surface area (TPSA) is 86.8 Å². The van der Waals surface area contributed by atoms with E-state index in [0.717, 1.165) is 25.9 Å². The molecule has 7 nitrogen and oxygen atoms in total. The number of rotatable bonds is 7. The van der Waals surface area contributed by atoms with E-state index < -0.39 is 21.8 Å². The maximum atomic E-state index is 12.5. The summed E-state index contributed by atoms with van der Waals surface area (Å²) in [6.07, 6.45) is 0.963. The van der Waals surface area contributed by atoms with Crippen LogP contribution in [0.5, 0.6) is 0 Å². The lowest BCUT2D eigenvalue weighted by Gasteiger charge is -2.36. The minimum Gasteiger partial charge on any atom is -0.345 e. The molecule has 1 aliphatic rings. The van der Waals surface area contributed by atoms with Crippen molar-refractivity contribution >= 4 is 21.7 Å². The van der Waals surface area contributed by atoms with Gasteiger partial charge in [0.1, 0.15) is 15.9 Å². The number of sulfone groups is 1. The molecule has 2 rings (SSSR count). The maximum absolute atomic E-state index is 12.5. The van der Waals surface area contributed by atoms with Crippen molar-refractivity contribution in [3.63, 3.8) is 0 Å². The van der Waals surface area contributed by atoms with Crippen LogP contribution in [0.2, 0.25) is 0 Å². The molecule has 0 radical (unpaired) electrons. The summed E-state index contributed by atoms with van der Waals surface area (Å²) in [5, 5.41) is 2.59. The molecule has 0 bridgehead atoms. The van der Waals surface area contributed by atoms with Crippen LogP contribution < -0.4 is 5.32 Å². The standard InChI is InChI=1S/C18H27N3O4S/c1-15(19-17(22)8-13-26(2,24)25)18(23)21-11-9-20(10-12-21)14-16-6-4-3-5-7-16/h3-7,15H,8-14H2,1-2H3,(H,19,22). The quantitative estimate of drug-likeness (QED) is 0.733. The molecule has 0 aliphatic carbocycles. The molecule has 1 aromatic carbocycles. The van der Waals surface area contributed by atoms with Crippen molar-refractivity contribution in [3.8, 4) is 0 Å². The smallest absolute Gasteiger partial charge is 0.244 e. The van der Waals surface area contributed by atoms with E-state index >= 15 is 0 Å². The van der Waals surface area contributed by atoms with Gasteiger partial charge in [-0.05, 0) is 12.5 Å². The third-order valence-corrected chi connectivity index (χ3v) is 5.33. The number of hydrogen-bond acceptors (Lipinski definition) is 5. The highest BCUT2D eigenvalue weighted by Gasteiger charge is 2.26. The summed E-state index contributed by atoms with van der Waals surface area (Å²) in [4.78, 5) is 28.3. The van der Waals surface area contributed by atoms with E-state index in [1.165, 1.54) is 5.56 Å². The fourth-order valence-corrected chi connectivity index (χ4v) is 3.45. The minimum absolute atomic E-state index is 0.124. The molecule has 8 heteroatoms. The molecule has 1 atom stereocenters. The van der Waals surface area contributed by atoms with Crippen LogP contribution >= 0.6 is 0 Å². The monoisotopic (exact) mass is 381 g/mol. The van der Waals surface area contributed by atoms with Gasteiger partial charge in [-0.15, -0.1) is 0 Å². The summed E-state index contributed by atoms with van der Waals surface area (Å²) in [6, 6.07) is 9.55. The summed E-state index contributed by atoms with van der Waals surface area (Å²) in [5.74, 6) is -0.756. The SMILES string of the molecule is CC(NC(=O)CCS(C)(=O)=O)C(=O)N1CCN(Cc2ccccc2)CC1. The second-order valence-corrected chi connectivity index (χ2v) is 9.02. The molecule has 1 unspecified atom stereocenters. The lowest BCUT2D eigenvalue weighted by atomic mass is 10.2. The van der Waals surface area contributed by atoms with Gasteiger partial charge in [-0.25, -0.2) is 8.42 Å². The molecule has 144 valence electrons. The third-order valence-electron chi connectivity index (χ3n) is 4.38. The van der Waals surface area contributed by atoms with E-state index in [1.54, 1.807) is 11.8 Å². The second-order valence-electron chi connectivity index (χ2n) is 6.76. The Labute approximate surface area is 155 Å². The van der Waals surface area contributed by atoms with Crippen molar-refractivity contribution in [2.75, 3.05) is 38.2 Å². The molecule has 1 aliphatic heterocycles. The van der Waals surface area contributed by atoms with Crippen LogP contribution in [-0.2, 0) is 26.0 Å². The molecule has 26 heavy (non-hydrogen) atoms. The molecule has 0 spiro atoms. The Bertz CT molecular complexity index is 713. The van der Waals surface area contributed by atoms with Gasteiger partial charge in [0.2, 0.25) is 11.8 Å². The minimum atomic E-state index is -3.19. The summed E-state index contributed by atoms with van der Waals surface area (Å²) >= 11 is 0. The lowest BCUT2D eigenvalue weighted by Crippen LogP contribution is -2.54. The van der Waals surface area contributed by atoms with E-state index in [-0.39, 0.29) is 18.1 Å². The van der Waals surface area contributed by atoms with Crippen LogP contribution in [0.4, 0.5) is 0 Å². The zero-order valence-electron chi connectivity index (χ0n) is 15.3. The molecular weight excluding hydrogens is 354 g/mol. The van der Waals surface area contributed by atoms with Crippen LogP contribution in [0, 0.1) is 0 Å². The molecule has 1 saturated heterocycles. The number of carbonyl (C=O) groups is 2. The fourth-order valence-electron chi connectivity index (χ4n) is 2.90. The van der Waals surface area contributed by atoms with Crippen molar-refractivity contribution in [1.82, 2.24) is 15.1 Å². The molecule has 0 saturated carbocycles. The van der Waals surface area contributed by atoms with Crippen molar-refractivity contribution in [2.24, 2.45) is 0 Å². The van der Waals surface area contributed by atoms with Crippen LogP contribution in [0.15, 0.2) is 30.3 Å². The van der Waals surface area contributed by atoms with Gasteiger partial charge < -0.3 is 10.2 Å². The summed E-state index contributed by atoms with van der Waals surface area (Å²) < 4.78 is 22.2. The van der Waals surface area contributed by atoms with E-state index in [0.29, 0.717) is 13.1 Å². The zero-order chi connectivity index (χ0) is 19.2. The second kappa shape index (κ2) is 9.14. The molecule has 1 fully saturated rings. The van der Waals surface area contributed by atoms with Crippen molar-refractivity contribution in [1.29, 1.82) is 0 Å². The first-order valence-corrected chi connectivity index (χ1v) is 10.8. The Morgan fingerprint density at radius 1 is 1.12 bits per heavy atom. The normalized spacial score (nSPS) is 16.9. The van der Waals surface area contributed by atoms with Crippen LogP contribution in [0.1, 0.15) is 18.9 Å². The largest absolute Gasteiger partial charge is 0.345 e. The Morgan fingerprint density at radius 2 is 1.73 bits per heavy atom. The predicted molar refractivity (Wildman–Crippen MR) is 100 cm³/mol. The van der Waals surface area contributed by atoms with E-state index in [9.17, 15) is 18.0 Å². The van der Waals surface area contributed by atoms with E-state index in [2.05, 4.69) is 22.3 Å². The van der Waals surface area contributed by atoms with Crippen LogP contribution in [0.25, 0.3) is 0 Å². The van der Waals surface area contributed by atoms with Crippen LogP contribution in [-0.4, -0.2) is 74.3 Å². The van der Waals surface area contributed by atoms with Crippen molar-refractivity contribution in [3.05, 3.63) is 35.9 Å². The van der Waals surface area contributed by atoms with E-state index in [4.69, 9.17) is 0 Å². The average molecular weight is 381 g/mol. The number of nitrogens with zero attached hydrogens (tertiary/aromatic N) is 2. The van der Waals surface area contributed by atoms with Gasteiger partial charge in [0.15, 0.2) is 0 Å². The first kappa shape index (κ1) is 20.4. The fraction of sp³-hybridized carbons (Fsp3) is 0.556. The average Bonchev–Trinajstić information content (AvgIpc) is 2.60. The van der Waals surface area contributed by atoms with Gasteiger partial charge in [-0.2, -0.15) is 0 Å².